The van der Waals surface area contributed by atoms with Crippen LogP contribution >= 0.6 is 15.7 Å². The summed E-state index contributed by atoms with van der Waals surface area (Å²) >= 11 is 0. The zero-order chi connectivity index (χ0) is 27.1. The molecule has 0 bridgehead atoms. The van der Waals surface area contributed by atoms with Crippen LogP contribution in [0.4, 0.5) is 0 Å². The van der Waals surface area contributed by atoms with Gasteiger partial charge in [0.1, 0.15) is 0 Å². The van der Waals surface area contributed by atoms with Crippen LogP contribution in [0.1, 0.15) is 155 Å². The molecule has 0 aliphatic carbocycles. The minimum atomic E-state index is 0.0996. The van der Waals surface area contributed by atoms with Gasteiger partial charge in [-0.15, -0.1) is 0 Å². The molecule has 0 aliphatic heterocycles. The summed E-state index contributed by atoms with van der Waals surface area (Å²) in [7, 11) is 2.80. The molecule has 2 aromatic rings. The van der Waals surface area contributed by atoms with E-state index in [1.165, 1.54) is 54.4 Å². The first-order valence-electron chi connectivity index (χ1n) is 13.5. The summed E-state index contributed by atoms with van der Waals surface area (Å²) < 4.78 is 0. The fourth-order valence-electron chi connectivity index (χ4n) is 4.45. The summed E-state index contributed by atoms with van der Waals surface area (Å²) in [5, 5.41) is 3.10. The molecular formula is C33H52P2. The van der Waals surface area contributed by atoms with Crippen LogP contribution in [0.3, 0.4) is 0 Å². The third-order valence-electron chi connectivity index (χ3n) is 6.94. The molecule has 0 saturated heterocycles. The highest BCUT2D eigenvalue weighted by Crippen LogP contribution is 2.38. The van der Waals surface area contributed by atoms with Gasteiger partial charge in [-0.05, 0) is 83.1 Å². The van der Waals surface area contributed by atoms with Crippen LogP contribution in [0, 0.1) is 0 Å². The van der Waals surface area contributed by atoms with Crippen molar-refractivity contribution in [1.82, 2.24) is 0 Å². The van der Waals surface area contributed by atoms with Gasteiger partial charge < -0.3 is 0 Å². The third kappa shape index (κ3) is 7.30. The van der Waals surface area contributed by atoms with E-state index in [2.05, 4.69) is 128 Å². The lowest BCUT2D eigenvalue weighted by atomic mass is 9.75. The van der Waals surface area contributed by atoms with E-state index in [-0.39, 0.29) is 16.2 Å². The molecule has 0 atom stereocenters. The van der Waals surface area contributed by atoms with Crippen LogP contribution < -0.4 is 10.6 Å². The van der Waals surface area contributed by atoms with Crippen molar-refractivity contribution in [3.05, 3.63) is 57.6 Å². The van der Waals surface area contributed by atoms with Crippen LogP contribution in [0.5, 0.6) is 0 Å². The first-order chi connectivity index (χ1) is 15.7. The molecule has 0 aliphatic rings. The van der Waals surface area contributed by atoms with E-state index in [0.717, 1.165) is 0 Å². The predicted molar refractivity (Wildman–Crippen MR) is 164 cm³/mol. The van der Waals surface area contributed by atoms with Crippen molar-refractivity contribution in [2.75, 3.05) is 0 Å². The fourth-order valence-corrected chi connectivity index (χ4v) is 8.48. The molecule has 0 amide bonds. The first kappa shape index (κ1) is 30.3. The molecule has 0 N–H and O–H groups in total. The maximum Gasteiger partial charge on any atom is 0.0138 e. The average Bonchev–Trinajstić information content (AvgIpc) is 2.68. The molecule has 0 unspecified atom stereocenters. The van der Waals surface area contributed by atoms with Crippen molar-refractivity contribution in [2.45, 2.75) is 138 Å². The van der Waals surface area contributed by atoms with E-state index in [1.807, 2.05) is 0 Å². The monoisotopic (exact) mass is 510 g/mol. The Labute approximate surface area is 221 Å². The Morgan fingerprint density at radius 1 is 0.486 bits per heavy atom. The van der Waals surface area contributed by atoms with E-state index in [1.54, 1.807) is 5.30 Å². The van der Waals surface area contributed by atoms with Crippen LogP contribution in [0.15, 0.2) is 24.3 Å². The van der Waals surface area contributed by atoms with Gasteiger partial charge in [-0.2, -0.15) is 0 Å². The number of hydrogen-bond acceptors (Lipinski definition) is 0. The number of benzene rings is 2. The van der Waals surface area contributed by atoms with Crippen LogP contribution in [-0.4, -0.2) is 0 Å². The van der Waals surface area contributed by atoms with Crippen molar-refractivity contribution >= 4 is 26.3 Å². The minimum absolute atomic E-state index is 0.0996. The van der Waals surface area contributed by atoms with Gasteiger partial charge in [0.05, 0.1) is 0 Å². The van der Waals surface area contributed by atoms with E-state index in [9.17, 15) is 0 Å². The lowest BCUT2D eigenvalue weighted by Crippen LogP contribution is -2.29. The Bertz CT molecular complexity index is 998. The quantitative estimate of drug-likeness (QED) is 0.351. The number of hydrogen-bond donors (Lipinski definition) is 0. The molecule has 2 heteroatoms. The summed E-state index contributed by atoms with van der Waals surface area (Å²) in [6.45, 7) is 35.4. The SMILES string of the molecule is CC(C)c1cc(C(C)C)c(P=Pc2c(C(C)(C)C)cc(C(C)(C)C)cc2C(C)(C)C)c(C(C)C)c1. The van der Waals surface area contributed by atoms with Gasteiger partial charge >= 0.3 is 0 Å². The normalized spacial score (nSPS) is 13.7. The first-order valence-corrected chi connectivity index (χ1v) is 16.0. The summed E-state index contributed by atoms with van der Waals surface area (Å²) in [6.07, 6.45) is 0. The summed E-state index contributed by atoms with van der Waals surface area (Å²) in [4.78, 5) is 0. The highest BCUT2D eigenvalue weighted by molar-refractivity contribution is 7.91. The standard InChI is InChI=1S/C33H52P2/c1-20(2)23-16-25(21(3)4)29(26(17-23)22(5)6)34-35-30-27(32(10,11)12)18-24(31(7,8)9)19-28(30)33(13,14)15/h16-22H,1-15H3. The number of rotatable bonds is 5. The van der Waals surface area contributed by atoms with E-state index < -0.39 is 0 Å². The Morgan fingerprint density at radius 2 is 0.857 bits per heavy atom. The second kappa shape index (κ2) is 10.8. The molecule has 35 heavy (non-hydrogen) atoms. The Kier molecular flexibility index (Phi) is 9.34. The lowest BCUT2D eigenvalue weighted by Gasteiger charge is -2.32. The van der Waals surface area contributed by atoms with Crippen molar-refractivity contribution in [3.8, 4) is 0 Å². The van der Waals surface area contributed by atoms with Gasteiger partial charge in [0.2, 0.25) is 0 Å². The molecule has 0 heterocycles. The Hall–Kier alpha value is -0.960. The Balaban J connectivity index is 2.94. The predicted octanol–water partition coefficient (Wildman–Crippen LogP) is 10.7. The van der Waals surface area contributed by atoms with Crippen molar-refractivity contribution < 1.29 is 0 Å². The molecule has 2 aromatic carbocycles. The smallest absolute Gasteiger partial charge is 0.0138 e. The van der Waals surface area contributed by atoms with Crippen LogP contribution in [0.25, 0.3) is 0 Å². The van der Waals surface area contributed by atoms with Gasteiger partial charge in [-0.3, -0.25) is 0 Å². The summed E-state index contributed by atoms with van der Waals surface area (Å²) in [6, 6.07) is 10.0. The van der Waals surface area contributed by atoms with Gasteiger partial charge in [-0.1, -0.05) is 128 Å². The van der Waals surface area contributed by atoms with Gasteiger partial charge in [0.15, 0.2) is 0 Å². The minimum Gasteiger partial charge on any atom is -0.0587 e. The lowest BCUT2D eigenvalue weighted by molar-refractivity contribution is 0.554. The van der Waals surface area contributed by atoms with E-state index >= 15 is 0 Å². The maximum atomic E-state index is 2.52. The second-order valence-electron chi connectivity index (χ2n) is 14.4. The van der Waals surface area contributed by atoms with Gasteiger partial charge in [-0.25, -0.2) is 0 Å². The highest BCUT2D eigenvalue weighted by Gasteiger charge is 2.29. The Morgan fingerprint density at radius 3 is 1.14 bits per heavy atom. The molecule has 0 radical (unpaired) electrons. The maximum absolute atomic E-state index is 2.52. The zero-order valence-corrected chi connectivity index (χ0v) is 27.2. The molecule has 0 fully saturated rings. The molecule has 194 valence electrons. The summed E-state index contributed by atoms with van der Waals surface area (Å²) in [5.74, 6) is 1.60. The van der Waals surface area contributed by atoms with Crippen LogP contribution in [0.2, 0.25) is 0 Å². The summed E-state index contributed by atoms with van der Waals surface area (Å²) in [5.41, 5.74) is 9.37. The molecule has 0 nitrogen and oxygen atoms in total. The average molecular weight is 511 g/mol. The second-order valence-corrected chi connectivity index (χ2v) is 16.9. The molecule has 2 rings (SSSR count). The highest BCUT2D eigenvalue weighted by atomic mass is 31.7. The topological polar surface area (TPSA) is 0 Å². The van der Waals surface area contributed by atoms with Crippen molar-refractivity contribution in [2.24, 2.45) is 0 Å². The molecule has 0 aromatic heterocycles. The fraction of sp³-hybridized carbons (Fsp3) is 0.636. The third-order valence-corrected chi connectivity index (χ3v) is 9.94. The van der Waals surface area contributed by atoms with E-state index in [4.69, 9.17) is 0 Å². The van der Waals surface area contributed by atoms with Gasteiger partial charge in [0.25, 0.3) is 0 Å². The van der Waals surface area contributed by atoms with Crippen LogP contribution in [-0.2, 0) is 16.2 Å². The zero-order valence-electron chi connectivity index (χ0n) is 25.4. The van der Waals surface area contributed by atoms with E-state index in [0.29, 0.717) is 17.8 Å². The largest absolute Gasteiger partial charge is 0.0587 e. The van der Waals surface area contributed by atoms with Gasteiger partial charge in [0, 0.05) is 10.6 Å². The molecule has 0 saturated carbocycles. The molecular weight excluding hydrogens is 458 g/mol. The van der Waals surface area contributed by atoms with Crippen molar-refractivity contribution in [3.63, 3.8) is 0 Å². The van der Waals surface area contributed by atoms with Crippen molar-refractivity contribution in [1.29, 1.82) is 0 Å². The molecule has 0 spiro atoms.